The second-order valence-corrected chi connectivity index (χ2v) is 5.19. The third-order valence-corrected chi connectivity index (χ3v) is 3.76. The van der Waals surface area contributed by atoms with E-state index in [0.29, 0.717) is 12.5 Å². The van der Waals surface area contributed by atoms with Gasteiger partial charge in [0.1, 0.15) is 0 Å². The average molecular weight is 314 g/mol. The minimum absolute atomic E-state index is 0. The highest BCUT2D eigenvalue weighted by molar-refractivity contribution is 5.85. The molecule has 1 heterocycles. The number of carbonyl (C=O) groups is 1. The average Bonchev–Trinajstić information content (AvgIpc) is 2.35. The molecule has 0 spiro atoms. The molecule has 116 valence electrons. The van der Waals surface area contributed by atoms with E-state index in [-0.39, 0.29) is 36.8 Å². The van der Waals surface area contributed by atoms with E-state index in [4.69, 9.17) is 5.73 Å². The SMILES string of the molecule is CCN1CCC(N(C)C(=O)CCC(C)N)CC1.Cl.Cl. The molecule has 0 bridgehead atoms. The number of piperidine rings is 1. The molecule has 2 N–H and O–H groups in total. The van der Waals surface area contributed by atoms with Crippen LogP contribution in [-0.2, 0) is 4.79 Å². The molecule has 0 aromatic heterocycles. The molecule has 0 radical (unpaired) electrons. The van der Waals surface area contributed by atoms with Crippen LogP contribution in [0.5, 0.6) is 0 Å². The molecular formula is C13H29Cl2N3O. The van der Waals surface area contributed by atoms with Gasteiger partial charge in [-0.2, -0.15) is 0 Å². The number of nitrogens with two attached hydrogens (primary N) is 1. The Balaban J connectivity index is 0. The van der Waals surface area contributed by atoms with Crippen LogP contribution < -0.4 is 5.73 Å². The molecule has 19 heavy (non-hydrogen) atoms. The zero-order chi connectivity index (χ0) is 12.8. The highest BCUT2D eigenvalue weighted by Gasteiger charge is 2.24. The van der Waals surface area contributed by atoms with Gasteiger partial charge in [-0.15, -0.1) is 24.8 Å². The van der Waals surface area contributed by atoms with Crippen LogP contribution in [0.25, 0.3) is 0 Å². The quantitative estimate of drug-likeness (QED) is 0.843. The molecule has 0 saturated carbocycles. The van der Waals surface area contributed by atoms with Gasteiger partial charge < -0.3 is 15.5 Å². The van der Waals surface area contributed by atoms with Crippen LogP contribution >= 0.6 is 24.8 Å². The van der Waals surface area contributed by atoms with E-state index in [0.717, 1.165) is 38.9 Å². The van der Waals surface area contributed by atoms with Crippen molar-refractivity contribution in [1.29, 1.82) is 0 Å². The van der Waals surface area contributed by atoms with Crippen LogP contribution in [0.1, 0.15) is 39.5 Å². The van der Waals surface area contributed by atoms with Gasteiger partial charge in [0, 0.05) is 38.6 Å². The largest absolute Gasteiger partial charge is 0.343 e. The van der Waals surface area contributed by atoms with Crippen molar-refractivity contribution in [2.45, 2.75) is 51.6 Å². The molecular weight excluding hydrogens is 285 g/mol. The summed E-state index contributed by atoms with van der Waals surface area (Å²) in [4.78, 5) is 16.3. The normalized spacial score (nSPS) is 18.1. The predicted molar refractivity (Wildman–Crippen MR) is 85.3 cm³/mol. The van der Waals surface area contributed by atoms with E-state index in [1.165, 1.54) is 0 Å². The molecule has 1 unspecified atom stereocenters. The summed E-state index contributed by atoms with van der Waals surface area (Å²) in [5.41, 5.74) is 5.68. The first-order chi connectivity index (χ1) is 8.04. The lowest BCUT2D eigenvalue weighted by Crippen LogP contribution is -2.45. The van der Waals surface area contributed by atoms with Gasteiger partial charge >= 0.3 is 0 Å². The second kappa shape index (κ2) is 10.7. The Hall–Kier alpha value is -0.0300. The van der Waals surface area contributed by atoms with Crippen molar-refractivity contribution in [2.24, 2.45) is 5.73 Å². The highest BCUT2D eigenvalue weighted by Crippen LogP contribution is 2.16. The summed E-state index contributed by atoms with van der Waals surface area (Å²) in [6, 6.07) is 0.549. The Labute approximate surface area is 129 Å². The van der Waals surface area contributed by atoms with E-state index in [9.17, 15) is 4.79 Å². The van der Waals surface area contributed by atoms with E-state index >= 15 is 0 Å². The Bertz CT molecular complexity index is 244. The van der Waals surface area contributed by atoms with E-state index in [2.05, 4.69) is 11.8 Å². The van der Waals surface area contributed by atoms with Gasteiger partial charge in [-0.1, -0.05) is 6.92 Å². The third-order valence-electron chi connectivity index (χ3n) is 3.76. The van der Waals surface area contributed by atoms with Crippen molar-refractivity contribution in [3.63, 3.8) is 0 Å². The lowest BCUT2D eigenvalue weighted by Gasteiger charge is -2.36. The Morgan fingerprint density at radius 2 is 1.89 bits per heavy atom. The van der Waals surface area contributed by atoms with Crippen molar-refractivity contribution in [1.82, 2.24) is 9.80 Å². The molecule has 0 aromatic carbocycles. The van der Waals surface area contributed by atoms with Gasteiger partial charge in [0.05, 0.1) is 0 Å². The molecule has 0 aliphatic carbocycles. The lowest BCUT2D eigenvalue weighted by atomic mass is 10.0. The number of amides is 1. The van der Waals surface area contributed by atoms with E-state index in [1.807, 2.05) is 18.9 Å². The lowest BCUT2D eigenvalue weighted by molar-refractivity contribution is -0.133. The number of halogens is 2. The van der Waals surface area contributed by atoms with Crippen molar-refractivity contribution in [2.75, 3.05) is 26.7 Å². The molecule has 4 nitrogen and oxygen atoms in total. The van der Waals surface area contributed by atoms with Crippen molar-refractivity contribution < 1.29 is 4.79 Å². The molecule has 0 aromatic rings. The monoisotopic (exact) mass is 313 g/mol. The number of rotatable bonds is 5. The molecule has 6 heteroatoms. The molecule has 1 atom stereocenters. The third kappa shape index (κ3) is 7.35. The van der Waals surface area contributed by atoms with Gasteiger partial charge in [-0.3, -0.25) is 4.79 Å². The second-order valence-electron chi connectivity index (χ2n) is 5.19. The highest BCUT2D eigenvalue weighted by atomic mass is 35.5. The number of carbonyl (C=O) groups excluding carboxylic acids is 1. The zero-order valence-corrected chi connectivity index (χ0v) is 13.9. The van der Waals surface area contributed by atoms with Crippen molar-refractivity contribution >= 4 is 30.7 Å². The van der Waals surface area contributed by atoms with Gasteiger partial charge in [0.2, 0.25) is 5.91 Å². The molecule has 1 aliphatic rings. The maximum absolute atomic E-state index is 12.0. The molecule has 1 rings (SSSR count). The van der Waals surface area contributed by atoms with Gasteiger partial charge in [-0.05, 0) is 32.7 Å². The Morgan fingerprint density at radius 1 is 1.37 bits per heavy atom. The standard InChI is InChI=1S/C13H27N3O.2ClH/c1-4-16-9-7-12(8-10-16)15(3)13(17)6-5-11(2)14;;/h11-12H,4-10,14H2,1-3H3;2*1H. The van der Waals surface area contributed by atoms with Crippen LogP contribution in [0.3, 0.4) is 0 Å². The summed E-state index contributed by atoms with van der Waals surface area (Å²) in [6.07, 6.45) is 3.58. The number of hydrogen-bond acceptors (Lipinski definition) is 3. The fourth-order valence-corrected chi connectivity index (χ4v) is 2.35. The Kier molecular flexibility index (Phi) is 12.0. The molecule has 1 fully saturated rings. The Morgan fingerprint density at radius 3 is 2.32 bits per heavy atom. The van der Waals surface area contributed by atoms with Gasteiger partial charge in [0.15, 0.2) is 0 Å². The predicted octanol–water partition coefficient (Wildman–Crippen LogP) is 1.90. The van der Waals surface area contributed by atoms with Crippen molar-refractivity contribution in [3.8, 4) is 0 Å². The van der Waals surface area contributed by atoms with Crippen molar-refractivity contribution in [3.05, 3.63) is 0 Å². The zero-order valence-electron chi connectivity index (χ0n) is 12.3. The van der Waals surface area contributed by atoms with Gasteiger partial charge in [-0.25, -0.2) is 0 Å². The fourth-order valence-electron chi connectivity index (χ4n) is 2.35. The summed E-state index contributed by atoms with van der Waals surface area (Å²) in [5, 5.41) is 0. The number of likely N-dealkylation sites (tertiary alicyclic amines) is 1. The maximum Gasteiger partial charge on any atom is 0.222 e. The summed E-state index contributed by atoms with van der Waals surface area (Å²) in [6.45, 7) is 7.50. The van der Waals surface area contributed by atoms with Gasteiger partial charge in [0.25, 0.3) is 0 Å². The van der Waals surface area contributed by atoms with Crippen LogP contribution in [0, 0.1) is 0 Å². The molecule has 1 amide bonds. The number of nitrogens with zero attached hydrogens (tertiary/aromatic N) is 2. The first-order valence-electron chi connectivity index (χ1n) is 6.78. The maximum atomic E-state index is 12.0. The number of hydrogen-bond donors (Lipinski definition) is 1. The minimum atomic E-state index is 0. The van der Waals surface area contributed by atoms with E-state index < -0.39 is 0 Å². The first-order valence-corrected chi connectivity index (χ1v) is 6.78. The molecule has 1 aliphatic heterocycles. The van der Waals surface area contributed by atoms with Crippen LogP contribution in [0.15, 0.2) is 0 Å². The summed E-state index contributed by atoms with van der Waals surface area (Å²) < 4.78 is 0. The van der Waals surface area contributed by atoms with Crippen LogP contribution in [-0.4, -0.2) is 54.5 Å². The smallest absolute Gasteiger partial charge is 0.222 e. The fraction of sp³-hybridized carbons (Fsp3) is 0.923. The summed E-state index contributed by atoms with van der Waals surface area (Å²) in [7, 11) is 1.94. The van der Waals surface area contributed by atoms with Crippen LogP contribution in [0.2, 0.25) is 0 Å². The van der Waals surface area contributed by atoms with E-state index in [1.54, 1.807) is 0 Å². The first kappa shape index (κ1) is 21.3. The molecule has 1 saturated heterocycles. The summed E-state index contributed by atoms with van der Waals surface area (Å²) >= 11 is 0. The summed E-state index contributed by atoms with van der Waals surface area (Å²) in [5.74, 6) is 0.247. The minimum Gasteiger partial charge on any atom is -0.343 e. The van der Waals surface area contributed by atoms with Crippen LogP contribution in [0.4, 0.5) is 0 Å². The topological polar surface area (TPSA) is 49.6 Å².